The summed E-state index contributed by atoms with van der Waals surface area (Å²) in [5.74, 6) is 0.790. The highest BCUT2D eigenvalue weighted by Gasteiger charge is 2.29. The lowest BCUT2D eigenvalue weighted by molar-refractivity contribution is -0.131. The fourth-order valence-electron chi connectivity index (χ4n) is 2.48. The molecule has 1 aliphatic heterocycles. The average molecular weight is 322 g/mol. The van der Waals surface area contributed by atoms with Crippen LogP contribution in [0.15, 0.2) is 24.3 Å². The summed E-state index contributed by atoms with van der Waals surface area (Å²) in [7, 11) is 1.65. The predicted octanol–water partition coefficient (Wildman–Crippen LogP) is 1.22. The van der Waals surface area contributed by atoms with Crippen LogP contribution in [-0.4, -0.2) is 44.9 Å². The molecule has 0 saturated carbocycles. The van der Waals surface area contributed by atoms with E-state index in [0.29, 0.717) is 26.3 Å². The van der Waals surface area contributed by atoms with Crippen LogP contribution in [0.4, 0.5) is 0 Å². The number of carbonyl (C=O) groups excluding carboxylic acids is 1. The Balaban J connectivity index is 1.53. The van der Waals surface area contributed by atoms with Crippen LogP contribution in [0.25, 0.3) is 0 Å². The van der Waals surface area contributed by atoms with Gasteiger partial charge in [0, 0.05) is 19.7 Å². The van der Waals surface area contributed by atoms with Crippen LogP contribution in [0.3, 0.4) is 0 Å². The molecule has 6 nitrogen and oxygen atoms in total. The van der Waals surface area contributed by atoms with Crippen molar-refractivity contribution in [2.45, 2.75) is 38.1 Å². The minimum Gasteiger partial charge on any atom is -0.497 e. The van der Waals surface area contributed by atoms with Crippen molar-refractivity contribution in [1.82, 2.24) is 5.32 Å². The summed E-state index contributed by atoms with van der Waals surface area (Å²) < 4.78 is 16.3. The highest BCUT2D eigenvalue weighted by Crippen LogP contribution is 2.18. The standard InChI is InChI=1S/C17H26N2O4/c1-21-14-5-3-13(4-6-14)12-22-10-2-9-19-17(20)16-8-7-15(11-18)23-16/h3-6,15-16H,2,7-12,18H2,1H3,(H,19,20)/t15-,16+/m1/s1. The van der Waals surface area contributed by atoms with Crippen molar-refractivity contribution >= 4 is 5.91 Å². The van der Waals surface area contributed by atoms with E-state index in [0.717, 1.165) is 30.6 Å². The van der Waals surface area contributed by atoms with E-state index in [1.165, 1.54) is 0 Å². The third-order valence-corrected chi connectivity index (χ3v) is 3.86. The fraction of sp³-hybridized carbons (Fsp3) is 0.588. The van der Waals surface area contributed by atoms with Crippen molar-refractivity contribution in [3.05, 3.63) is 29.8 Å². The topological polar surface area (TPSA) is 82.8 Å². The van der Waals surface area contributed by atoms with Crippen molar-refractivity contribution in [3.63, 3.8) is 0 Å². The Morgan fingerprint density at radius 3 is 2.78 bits per heavy atom. The van der Waals surface area contributed by atoms with Gasteiger partial charge in [0.1, 0.15) is 11.9 Å². The summed E-state index contributed by atoms with van der Waals surface area (Å²) in [6.45, 7) is 2.22. The molecule has 0 aliphatic carbocycles. The zero-order valence-corrected chi connectivity index (χ0v) is 13.6. The van der Waals surface area contributed by atoms with E-state index in [2.05, 4.69) is 5.32 Å². The Labute approximate surface area is 137 Å². The first-order valence-electron chi connectivity index (χ1n) is 8.07. The summed E-state index contributed by atoms with van der Waals surface area (Å²) in [6.07, 6.45) is 2.07. The third kappa shape index (κ3) is 5.82. The highest BCUT2D eigenvalue weighted by molar-refractivity contribution is 5.80. The fourth-order valence-corrected chi connectivity index (χ4v) is 2.48. The second-order valence-electron chi connectivity index (χ2n) is 5.61. The monoisotopic (exact) mass is 322 g/mol. The smallest absolute Gasteiger partial charge is 0.249 e. The van der Waals surface area contributed by atoms with Gasteiger partial charge in [-0.25, -0.2) is 0 Å². The molecule has 0 radical (unpaired) electrons. The maximum absolute atomic E-state index is 11.9. The minimum atomic E-state index is -0.344. The first-order chi connectivity index (χ1) is 11.2. The van der Waals surface area contributed by atoms with E-state index in [1.807, 2.05) is 24.3 Å². The largest absolute Gasteiger partial charge is 0.497 e. The first-order valence-corrected chi connectivity index (χ1v) is 8.07. The number of hydrogen-bond donors (Lipinski definition) is 2. The molecule has 2 rings (SSSR count). The minimum absolute atomic E-state index is 0.0265. The summed E-state index contributed by atoms with van der Waals surface area (Å²) in [4.78, 5) is 11.9. The predicted molar refractivity (Wildman–Crippen MR) is 87.2 cm³/mol. The molecule has 2 atom stereocenters. The molecule has 128 valence electrons. The Morgan fingerprint density at radius 1 is 1.35 bits per heavy atom. The van der Waals surface area contributed by atoms with E-state index in [4.69, 9.17) is 19.9 Å². The highest BCUT2D eigenvalue weighted by atomic mass is 16.5. The van der Waals surface area contributed by atoms with Gasteiger partial charge < -0.3 is 25.3 Å². The summed E-state index contributed by atoms with van der Waals surface area (Å²) in [5, 5.41) is 2.88. The Bertz CT molecular complexity index is 478. The van der Waals surface area contributed by atoms with Gasteiger partial charge in [0.25, 0.3) is 0 Å². The van der Waals surface area contributed by atoms with Crippen molar-refractivity contribution in [3.8, 4) is 5.75 Å². The van der Waals surface area contributed by atoms with E-state index >= 15 is 0 Å². The molecule has 0 spiro atoms. The van der Waals surface area contributed by atoms with E-state index in [9.17, 15) is 4.79 Å². The molecule has 0 aromatic heterocycles. The van der Waals surface area contributed by atoms with Crippen LogP contribution in [-0.2, 0) is 20.9 Å². The molecule has 3 N–H and O–H groups in total. The number of rotatable bonds is 9. The number of ether oxygens (including phenoxy) is 3. The average Bonchev–Trinajstić information content (AvgIpc) is 3.07. The summed E-state index contributed by atoms with van der Waals surface area (Å²) in [5.41, 5.74) is 6.63. The zero-order chi connectivity index (χ0) is 16.5. The summed E-state index contributed by atoms with van der Waals surface area (Å²) >= 11 is 0. The first kappa shape index (κ1) is 17.7. The molecule has 1 saturated heterocycles. The molecule has 0 unspecified atom stereocenters. The van der Waals surface area contributed by atoms with Crippen LogP contribution in [0.2, 0.25) is 0 Å². The van der Waals surface area contributed by atoms with Crippen LogP contribution in [0.1, 0.15) is 24.8 Å². The van der Waals surface area contributed by atoms with Crippen molar-refractivity contribution in [2.24, 2.45) is 5.73 Å². The van der Waals surface area contributed by atoms with Gasteiger partial charge in [0.2, 0.25) is 5.91 Å². The normalized spacial score (nSPS) is 20.4. The Kier molecular flexibility index (Phi) is 7.32. The molecule has 1 heterocycles. The molecule has 1 amide bonds. The lowest BCUT2D eigenvalue weighted by Crippen LogP contribution is -2.36. The lowest BCUT2D eigenvalue weighted by Gasteiger charge is -2.12. The van der Waals surface area contributed by atoms with Gasteiger partial charge in [-0.1, -0.05) is 12.1 Å². The van der Waals surface area contributed by atoms with Crippen LogP contribution >= 0.6 is 0 Å². The van der Waals surface area contributed by atoms with Gasteiger partial charge in [-0.15, -0.1) is 0 Å². The maximum Gasteiger partial charge on any atom is 0.249 e. The number of benzene rings is 1. The van der Waals surface area contributed by atoms with Gasteiger partial charge in [-0.05, 0) is 37.0 Å². The van der Waals surface area contributed by atoms with Gasteiger partial charge >= 0.3 is 0 Å². The number of amides is 1. The van der Waals surface area contributed by atoms with Crippen LogP contribution < -0.4 is 15.8 Å². The van der Waals surface area contributed by atoms with Crippen molar-refractivity contribution < 1.29 is 19.0 Å². The van der Waals surface area contributed by atoms with Gasteiger partial charge in [0.05, 0.1) is 19.8 Å². The Hall–Kier alpha value is -1.63. The van der Waals surface area contributed by atoms with Gasteiger partial charge in [-0.2, -0.15) is 0 Å². The van der Waals surface area contributed by atoms with E-state index in [-0.39, 0.29) is 18.1 Å². The maximum atomic E-state index is 11.9. The second-order valence-corrected chi connectivity index (χ2v) is 5.61. The van der Waals surface area contributed by atoms with Gasteiger partial charge in [0.15, 0.2) is 0 Å². The van der Waals surface area contributed by atoms with Crippen LogP contribution in [0, 0.1) is 0 Å². The number of hydrogen-bond acceptors (Lipinski definition) is 5. The molecular weight excluding hydrogens is 296 g/mol. The number of carbonyl (C=O) groups is 1. The Morgan fingerprint density at radius 2 is 2.13 bits per heavy atom. The number of nitrogens with one attached hydrogen (secondary N) is 1. The quantitative estimate of drug-likeness (QED) is 0.668. The zero-order valence-electron chi connectivity index (χ0n) is 13.6. The molecule has 1 aromatic rings. The summed E-state index contributed by atoms with van der Waals surface area (Å²) in [6, 6.07) is 7.78. The molecule has 1 aliphatic rings. The third-order valence-electron chi connectivity index (χ3n) is 3.86. The van der Waals surface area contributed by atoms with E-state index in [1.54, 1.807) is 7.11 Å². The molecular formula is C17H26N2O4. The molecule has 1 aromatic carbocycles. The van der Waals surface area contributed by atoms with Gasteiger partial charge in [-0.3, -0.25) is 4.79 Å². The molecule has 23 heavy (non-hydrogen) atoms. The number of methoxy groups -OCH3 is 1. The second kappa shape index (κ2) is 9.50. The lowest BCUT2D eigenvalue weighted by atomic mass is 10.2. The van der Waals surface area contributed by atoms with Crippen molar-refractivity contribution in [2.75, 3.05) is 26.8 Å². The number of nitrogens with two attached hydrogens (primary N) is 1. The molecule has 1 fully saturated rings. The SMILES string of the molecule is COc1ccc(COCCCNC(=O)[C@@H]2CC[C@H](CN)O2)cc1. The molecule has 6 heteroatoms. The van der Waals surface area contributed by atoms with Crippen molar-refractivity contribution in [1.29, 1.82) is 0 Å². The molecule has 0 bridgehead atoms. The van der Waals surface area contributed by atoms with Crippen LogP contribution in [0.5, 0.6) is 5.75 Å². The van der Waals surface area contributed by atoms with E-state index < -0.39 is 0 Å².